The molecule has 0 amide bonds. The Balaban J connectivity index is 1.70. The van der Waals surface area contributed by atoms with Crippen molar-refractivity contribution in [3.8, 4) is 0 Å². The number of aliphatic hydroxyl groups excluding tert-OH is 1. The van der Waals surface area contributed by atoms with Crippen molar-refractivity contribution in [2.24, 2.45) is 0 Å². The van der Waals surface area contributed by atoms with Crippen molar-refractivity contribution in [2.45, 2.75) is 37.7 Å². The fourth-order valence-corrected chi connectivity index (χ4v) is 3.17. The van der Waals surface area contributed by atoms with Crippen LogP contribution in [-0.4, -0.2) is 5.11 Å². The SMILES string of the molecule is OC(Cc1ccccc1Br)c1ccc(C2CCC2)cc1. The van der Waals surface area contributed by atoms with Gasteiger partial charge in [0.2, 0.25) is 0 Å². The van der Waals surface area contributed by atoms with Gasteiger partial charge in [-0.15, -0.1) is 0 Å². The lowest BCUT2D eigenvalue weighted by Gasteiger charge is -2.26. The average molecular weight is 331 g/mol. The second-order valence-electron chi connectivity index (χ2n) is 5.61. The van der Waals surface area contributed by atoms with Crippen LogP contribution in [-0.2, 0) is 6.42 Å². The van der Waals surface area contributed by atoms with Gasteiger partial charge >= 0.3 is 0 Å². The summed E-state index contributed by atoms with van der Waals surface area (Å²) in [4.78, 5) is 0. The molecule has 0 aliphatic heterocycles. The minimum Gasteiger partial charge on any atom is -0.388 e. The summed E-state index contributed by atoms with van der Waals surface area (Å²) >= 11 is 3.53. The molecule has 1 atom stereocenters. The van der Waals surface area contributed by atoms with Crippen LogP contribution >= 0.6 is 15.9 Å². The summed E-state index contributed by atoms with van der Waals surface area (Å²) in [6, 6.07) is 16.6. The molecule has 2 heteroatoms. The lowest BCUT2D eigenvalue weighted by molar-refractivity contribution is 0.178. The van der Waals surface area contributed by atoms with E-state index in [0.717, 1.165) is 21.5 Å². The zero-order valence-electron chi connectivity index (χ0n) is 11.4. The first-order chi connectivity index (χ1) is 9.74. The van der Waals surface area contributed by atoms with E-state index in [1.807, 2.05) is 18.2 Å². The highest BCUT2D eigenvalue weighted by Crippen LogP contribution is 2.36. The first-order valence-corrected chi connectivity index (χ1v) is 8.04. The van der Waals surface area contributed by atoms with E-state index in [4.69, 9.17) is 0 Å². The highest BCUT2D eigenvalue weighted by atomic mass is 79.9. The number of halogens is 1. The van der Waals surface area contributed by atoms with Crippen molar-refractivity contribution in [1.29, 1.82) is 0 Å². The zero-order valence-corrected chi connectivity index (χ0v) is 13.0. The lowest BCUT2D eigenvalue weighted by Crippen LogP contribution is -2.09. The number of aliphatic hydroxyl groups is 1. The van der Waals surface area contributed by atoms with E-state index in [9.17, 15) is 5.11 Å². The minimum atomic E-state index is -0.441. The molecule has 1 fully saturated rings. The molecule has 1 saturated carbocycles. The molecule has 0 saturated heterocycles. The molecule has 3 rings (SSSR count). The van der Waals surface area contributed by atoms with E-state index >= 15 is 0 Å². The molecule has 1 nitrogen and oxygen atoms in total. The molecule has 0 aromatic heterocycles. The largest absolute Gasteiger partial charge is 0.388 e. The number of hydrogen-bond acceptors (Lipinski definition) is 1. The molecule has 1 N–H and O–H groups in total. The van der Waals surface area contributed by atoms with Gasteiger partial charge in [0.15, 0.2) is 0 Å². The number of benzene rings is 2. The van der Waals surface area contributed by atoms with Crippen molar-refractivity contribution >= 4 is 15.9 Å². The minimum absolute atomic E-state index is 0.441. The van der Waals surface area contributed by atoms with Gasteiger partial charge in [-0.2, -0.15) is 0 Å². The third-order valence-electron chi connectivity index (χ3n) is 4.27. The Bertz CT molecular complexity index is 572. The second kappa shape index (κ2) is 6.11. The first kappa shape index (κ1) is 13.8. The van der Waals surface area contributed by atoms with E-state index in [-0.39, 0.29) is 0 Å². The van der Waals surface area contributed by atoms with Gasteiger partial charge in [-0.05, 0) is 41.5 Å². The second-order valence-corrected chi connectivity index (χ2v) is 6.46. The molecular formula is C18H19BrO. The quantitative estimate of drug-likeness (QED) is 0.836. The molecule has 0 heterocycles. The molecular weight excluding hydrogens is 312 g/mol. The molecule has 0 radical (unpaired) electrons. The predicted octanol–water partition coefficient (Wildman–Crippen LogP) is 4.99. The first-order valence-electron chi connectivity index (χ1n) is 7.25. The number of hydrogen-bond donors (Lipinski definition) is 1. The zero-order chi connectivity index (χ0) is 13.9. The van der Waals surface area contributed by atoms with E-state index in [1.54, 1.807) is 0 Å². The van der Waals surface area contributed by atoms with E-state index in [2.05, 4.69) is 46.3 Å². The maximum absolute atomic E-state index is 10.4. The third kappa shape index (κ3) is 2.97. The summed E-state index contributed by atoms with van der Waals surface area (Å²) in [6.07, 6.45) is 4.20. The van der Waals surface area contributed by atoms with Gasteiger partial charge < -0.3 is 5.11 Å². The van der Waals surface area contributed by atoms with Crippen molar-refractivity contribution in [1.82, 2.24) is 0 Å². The Labute approximate surface area is 128 Å². The summed E-state index contributed by atoms with van der Waals surface area (Å²) in [5, 5.41) is 10.4. The Morgan fingerprint density at radius 2 is 1.75 bits per heavy atom. The Morgan fingerprint density at radius 1 is 1.05 bits per heavy atom. The normalized spacial score (nSPS) is 16.7. The molecule has 1 aliphatic carbocycles. The van der Waals surface area contributed by atoms with Crippen LogP contribution in [0.15, 0.2) is 53.0 Å². The third-order valence-corrected chi connectivity index (χ3v) is 5.04. The summed E-state index contributed by atoms with van der Waals surface area (Å²) in [6.45, 7) is 0. The molecule has 2 aromatic carbocycles. The predicted molar refractivity (Wildman–Crippen MR) is 85.8 cm³/mol. The number of rotatable bonds is 4. The summed E-state index contributed by atoms with van der Waals surface area (Å²) in [5.74, 6) is 0.754. The van der Waals surface area contributed by atoms with Gasteiger partial charge in [0.25, 0.3) is 0 Å². The summed E-state index contributed by atoms with van der Waals surface area (Å²) in [5.41, 5.74) is 3.57. The maximum atomic E-state index is 10.4. The molecule has 1 unspecified atom stereocenters. The highest BCUT2D eigenvalue weighted by Gasteiger charge is 2.19. The Morgan fingerprint density at radius 3 is 2.35 bits per heavy atom. The maximum Gasteiger partial charge on any atom is 0.0830 e. The van der Waals surface area contributed by atoms with Crippen molar-refractivity contribution in [3.05, 3.63) is 69.7 Å². The Kier molecular flexibility index (Phi) is 4.23. The van der Waals surface area contributed by atoms with E-state index in [0.29, 0.717) is 6.42 Å². The van der Waals surface area contributed by atoms with Crippen LogP contribution in [0, 0.1) is 0 Å². The van der Waals surface area contributed by atoms with Crippen molar-refractivity contribution in [2.75, 3.05) is 0 Å². The van der Waals surface area contributed by atoms with Gasteiger partial charge in [-0.3, -0.25) is 0 Å². The average Bonchev–Trinajstić information content (AvgIpc) is 2.40. The van der Waals surface area contributed by atoms with Gasteiger partial charge in [0, 0.05) is 10.9 Å². The highest BCUT2D eigenvalue weighted by molar-refractivity contribution is 9.10. The molecule has 2 aromatic rings. The molecule has 0 bridgehead atoms. The fraction of sp³-hybridized carbons (Fsp3) is 0.333. The topological polar surface area (TPSA) is 20.2 Å². The molecule has 104 valence electrons. The molecule has 20 heavy (non-hydrogen) atoms. The fourth-order valence-electron chi connectivity index (χ4n) is 2.72. The standard InChI is InChI=1S/C18H19BrO/c19-17-7-2-1-4-16(17)12-18(20)15-10-8-14(9-11-15)13-5-3-6-13/h1-2,4,7-11,13,18,20H,3,5-6,12H2. The van der Waals surface area contributed by atoms with E-state index < -0.39 is 6.10 Å². The van der Waals surface area contributed by atoms with Crippen LogP contribution in [0.2, 0.25) is 0 Å². The lowest BCUT2D eigenvalue weighted by atomic mass is 9.80. The summed E-state index contributed by atoms with van der Waals surface area (Å²) in [7, 11) is 0. The van der Waals surface area contributed by atoms with Crippen LogP contribution in [0.5, 0.6) is 0 Å². The van der Waals surface area contributed by atoms with Gasteiger partial charge in [-0.1, -0.05) is 64.8 Å². The monoisotopic (exact) mass is 330 g/mol. The van der Waals surface area contributed by atoms with Crippen LogP contribution in [0.25, 0.3) is 0 Å². The molecule has 0 spiro atoms. The van der Waals surface area contributed by atoms with Gasteiger partial charge in [0.05, 0.1) is 6.10 Å². The van der Waals surface area contributed by atoms with Crippen LogP contribution in [0.1, 0.15) is 48.0 Å². The Hall–Kier alpha value is -1.12. The van der Waals surface area contributed by atoms with Crippen molar-refractivity contribution in [3.63, 3.8) is 0 Å². The van der Waals surface area contributed by atoms with Crippen LogP contribution in [0.4, 0.5) is 0 Å². The van der Waals surface area contributed by atoms with Crippen LogP contribution < -0.4 is 0 Å². The van der Waals surface area contributed by atoms with Gasteiger partial charge in [-0.25, -0.2) is 0 Å². The molecule has 1 aliphatic rings. The smallest absolute Gasteiger partial charge is 0.0830 e. The summed E-state index contributed by atoms with van der Waals surface area (Å²) < 4.78 is 1.06. The van der Waals surface area contributed by atoms with E-state index in [1.165, 1.54) is 24.8 Å². The van der Waals surface area contributed by atoms with Gasteiger partial charge in [0.1, 0.15) is 0 Å². The van der Waals surface area contributed by atoms with Crippen molar-refractivity contribution < 1.29 is 5.11 Å². The van der Waals surface area contributed by atoms with Crippen LogP contribution in [0.3, 0.4) is 0 Å².